The number of nitrogens with one attached hydrogen (secondary N) is 1. The first-order valence-corrected chi connectivity index (χ1v) is 10.7. The van der Waals surface area contributed by atoms with Gasteiger partial charge in [-0.2, -0.15) is 0 Å². The highest BCUT2D eigenvalue weighted by Gasteiger charge is 2.14. The highest BCUT2D eigenvalue weighted by atomic mass is 32.1. The molecule has 0 bridgehead atoms. The van der Waals surface area contributed by atoms with Gasteiger partial charge < -0.3 is 9.72 Å². The number of carbonyl (C=O) groups excluding carboxylic acids is 1. The summed E-state index contributed by atoms with van der Waals surface area (Å²) >= 11 is 3.10. The maximum absolute atomic E-state index is 11.7. The smallest absolute Gasteiger partial charge is 0.348 e. The minimum Gasteiger partial charge on any atom is -0.465 e. The van der Waals surface area contributed by atoms with Gasteiger partial charge >= 0.3 is 5.97 Å². The van der Waals surface area contributed by atoms with Crippen LogP contribution in [-0.2, 0) is 4.74 Å². The third-order valence-corrected chi connectivity index (χ3v) is 6.99. The minimum atomic E-state index is -0.305. The van der Waals surface area contributed by atoms with Crippen LogP contribution in [0.5, 0.6) is 0 Å². The first-order valence-electron chi connectivity index (χ1n) is 9.08. The summed E-state index contributed by atoms with van der Waals surface area (Å²) in [6.07, 6.45) is 0. The Bertz CT molecular complexity index is 1360. The zero-order valence-corrected chi connectivity index (χ0v) is 17.7. The average Bonchev–Trinajstić information content (AvgIpc) is 3.39. The Labute approximate surface area is 175 Å². The molecule has 5 aromatic rings. The molecule has 144 valence electrons. The number of aromatic nitrogens is 3. The summed E-state index contributed by atoms with van der Waals surface area (Å²) < 4.78 is 5.83. The number of ether oxygens (including phenoxy) is 1. The molecule has 0 radical (unpaired) electrons. The summed E-state index contributed by atoms with van der Waals surface area (Å²) in [6, 6.07) is 14.3. The number of thiazole rings is 1. The standard InChI is InChI=1S/C22H17N3O2S2/c1-11-21(28-12(2)23-11)16-7-5-13-8-14(4-6-15(13)24-16)17-9-19-18(25-17)10-20(29-19)22(26)27-3/h4-10,25H,1-3H3. The number of pyridine rings is 1. The van der Waals surface area contributed by atoms with Gasteiger partial charge in [-0.1, -0.05) is 12.1 Å². The van der Waals surface area contributed by atoms with Crippen LogP contribution in [0.4, 0.5) is 0 Å². The van der Waals surface area contributed by atoms with Gasteiger partial charge in [0.25, 0.3) is 0 Å². The third kappa shape index (κ3) is 3.12. The number of esters is 1. The molecule has 0 aliphatic heterocycles. The largest absolute Gasteiger partial charge is 0.465 e. The molecule has 0 spiro atoms. The van der Waals surface area contributed by atoms with Crippen LogP contribution in [0.1, 0.15) is 20.4 Å². The Hall–Kier alpha value is -3.03. The molecule has 0 aliphatic carbocycles. The highest BCUT2D eigenvalue weighted by Crippen LogP contribution is 2.33. The molecule has 29 heavy (non-hydrogen) atoms. The van der Waals surface area contributed by atoms with E-state index in [2.05, 4.69) is 40.3 Å². The van der Waals surface area contributed by atoms with E-state index in [1.165, 1.54) is 18.4 Å². The van der Waals surface area contributed by atoms with Gasteiger partial charge in [0.05, 0.1) is 44.1 Å². The lowest BCUT2D eigenvalue weighted by Crippen LogP contribution is -1.96. The zero-order chi connectivity index (χ0) is 20.1. The SMILES string of the molecule is COC(=O)c1cc2[nH]c(-c3ccc4nc(-c5sc(C)nc5C)ccc4c3)cc2s1. The molecular weight excluding hydrogens is 402 g/mol. The van der Waals surface area contributed by atoms with Crippen molar-refractivity contribution in [1.82, 2.24) is 15.0 Å². The molecule has 4 heterocycles. The first-order chi connectivity index (χ1) is 14.0. The summed E-state index contributed by atoms with van der Waals surface area (Å²) in [4.78, 5) is 26.2. The molecule has 7 heteroatoms. The van der Waals surface area contributed by atoms with Crippen LogP contribution in [0.15, 0.2) is 42.5 Å². The Morgan fingerprint density at radius 2 is 1.90 bits per heavy atom. The number of aromatic amines is 1. The van der Waals surface area contributed by atoms with Crippen molar-refractivity contribution in [1.29, 1.82) is 0 Å². The van der Waals surface area contributed by atoms with Gasteiger partial charge in [-0.05, 0) is 49.7 Å². The second-order valence-electron chi connectivity index (χ2n) is 6.81. The molecule has 0 atom stereocenters. The molecular formula is C22H17N3O2S2. The number of methoxy groups -OCH3 is 1. The molecule has 0 unspecified atom stereocenters. The maximum atomic E-state index is 11.7. The normalized spacial score (nSPS) is 11.4. The quantitative estimate of drug-likeness (QED) is 0.366. The predicted octanol–water partition coefficient (Wildman–Crippen LogP) is 5.97. The van der Waals surface area contributed by atoms with Gasteiger partial charge in [-0.25, -0.2) is 14.8 Å². The lowest BCUT2D eigenvalue weighted by Gasteiger charge is -2.04. The second-order valence-corrected chi connectivity index (χ2v) is 9.10. The van der Waals surface area contributed by atoms with E-state index >= 15 is 0 Å². The number of rotatable bonds is 3. The number of hydrogen-bond donors (Lipinski definition) is 1. The van der Waals surface area contributed by atoms with Crippen LogP contribution in [0.2, 0.25) is 0 Å². The molecule has 1 N–H and O–H groups in total. The number of benzene rings is 1. The fourth-order valence-electron chi connectivity index (χ4n) is 3.47. The second kappa shape index (κ2) is 6.79. The van der Waals surface area contributed by atoms with E-state index in [0.29, 0.717) is 4.88 Å². The van der Waals surface area contributed by atoms with Gasteiger partial charge in [0.15, 0.2) is 0 Å². The molecule has 0 saturated heterocycles. The third-order valence-electron chi connectivity index (χ3n) is 4.83. The summed E-state index contributed by atoms with van der Waals surface area (Å²) in [5.74, 6) is -0.305. The molecule has 1 aromatic carbocycles. The van der Waals surface area contributed by atoms with Crippen molar-refractivity contribution in [3.8, 4) is 21.8 Å². The van der Waals surface area contributed by atoms with Crippen molar-refractivity contribution in [3.63, 3.8) is 0 Å². The van der Waals surface area contributed by atoms with Crippen molar-refractivity contribution in [2.75, 3.05) is 7.11 Å². The number of carbonyl (C=O) groups is 1. The molecule has 5 rings (SSSR count). The predicted molar refractivity (Wildman–Crippen MR) is 119 cm³/mol. The number of aryl methyl sites for hydroxylation is 2. The van der Waals surface area contributed by atoms with Crippen molar-refractivity contribution in [3.05, 3.63) is 58.0 Å². The highest BCUT2D eigenvalue weighted by molar-refractivity contribution is 7.20. The average molecular weight is 420 g/mol. The summed E-state index contributed by atoms with van der Waals surface area (Å²) in [5.41, 5.74) is 5.98. The van der Waals surface area contributed by atoms with Gasteiger partial charge in [0, 0.05) is 11.1 Å². The lowest BCUT2D eigenvalue weighted by molar-refractivity contribution is 0.0606. The number of nitrogens with zero attached hydrogens (tertiary/aromatic N) is 2. The Kier molecular flexibility index (Phi) is 4.22. The van der Waals surface area contributed by atoms with Gasteiger partial charge in [0.2, 0.25) is 0 Å². The number of H-pyrrole nitrogens is 1. The fraction of sp³-hybridized carbons (Fsp3) is 0.136. The van der Waals surface area contributed by atoms with Crippen LogP contribution >= 0.6 is 22.7 Å². The van der Waals surface area contributed by atoms with Crippen molar-refractivity contribution in [2.24, 2.45) is 0 Å². The summed E-state index contributed by atoms with van der Waals surface area (Å²) in [5, 5.41) is 2.13. The Morgan fingerprint density at radius 3 is 2.62 bits per heavy atom. The number of hydrogen-bond acceptors (Lipinski definition) is 6. The van der Waals surface area contributed by atoms with Crippen LogP contribution in [0.3, 0.4) is 0 Å². The van der Waals surface area contributed by atoms with Crippen molar-refractivity contribution >= 4 is 49.8 Å². The zero-order valence-electron chi connectivity index (χ0n) is 16.1. The number of fused-ring (bicyclic) bond motifs is 2. The van der Waals surface area contributed by atoms with E-state index < -0.39 is 0 Å². The van der Waals surface area contributed by atoms with Gasteiger partial charge in [0.1, 0.15) is 4.88 Å². The van der Waals surface area contributed by atoms with E-state index in [4.69, 9.17) is 9.72 Å². The van der Waals surface area contributed by atoms with E-state index in [1.807, 2.05) is 26.0 Å². The molecule has 0 fully saturated rings. The van der Waals surface area contributed by atoms with Crippen LogP contribution in [-0.4, -0.2) is 28.0 Å². The molecule has 4 aromatic heterocycles. The van der Waals surface area contributed by atoms with Gasteiger partial charge in [-0.3, -0.25) is 0 Å². The lowest BCUT2D eigenvalue weighted by atomic mass is 10.1. The van der Waals surface area contributed by atoms with E-state index in [1.54, 1.807) is 11.3 Å². The first kappa shape index (κ1) is 18.0. The van der Waals surface area contributed by atoms with E-state index in [-0.39, 0.29) is 5.97 Å². The minimum absolute atomic E-state index is 0.305. The van der Waals surface area contributed by atoms with E-state index in [9.17, 15) is 4.79 Å². The molecule has 0 saturated carbocycles. The summed E-state index contributed by atoms with van der Waals surface area (Å²) in [7, 11) is 1.40. The summed E-state index contributed by atoms with van der Waals surface area (Å²) in [6.45, 7) is 4.04. The van der Waals surface area contributed by atoms with E-state index in [0.717, 1.165) is 53.6 Å². The fourth-order valence-corrected chi connectivity index (χ4v) is 5.33. The van der Waals surface area contributed by atoms with Crippen LogP contribution < -0.4 is 0 Å². The maximum Gasteiger partial charge on any atom is 0.348 e. The van der Waals surface area contributed by atoms with Crippen LogP contribution in [0.25, 0.3) is 42.9 Å². The monoisotopic (exact) mass is 419 g/mol. The van der Waals surface area contributed by atoms with Crippen LogP contribution in [0, 0.1) is 13.8 Å². The number of thiophene rings is 1. The topological polar surface area (TPSA) is 67.9 Å². The Morgan fingerprint density at radius 1 is 1.03 bits per heavy atom. The molecule has 5 nitrogen and oxygen atoms in total. The van der Waals surface area contributed by atoms with Crippen molar-refractivity contribution < 1.29 is 9.53 Å². The molecule has 0 amide bonds. The molecule has 0 aliphatic rings. The van der Waals surface area contributed by atoms with Gasteiger partial charge in [-0.15, -0.1) is 22.7 Å². The Balaban J connectivity index is 1.52. The van der Waals surface area contributed by atoms with Crippen molar-refractivity contribution in [2.45, 2.75) is 13.8 Å².